The molecule has 18 heavy (non-hydrogen) atoms. The number of hydrogen-bond donors (Lipinski definition) is 2. The first-order valence-electron chi connectivity index (χ1n) is 6.12. The Morgan fingerprint density at radius 1 is 1.06 bits per heavy atom. The highest BCUT2D eigenvalue weighted by molar-refractivity contribution is 5.12. The third kappa shape index (κ3) is 3.91. The number of hydrazine groups is 1. The van der Waals surface area contributed by atoms with Crippen LogP contribution in [0.15, 0.2) is 49.1 Å². The van der Waals surface area contributed by atoms with Crippen LogP contribution in [-0.2, 0) is 12.8 Å². The first-order valence-corrected chi connectivity index (χ1v) is 6.12. The Kier molecular flexibility index (Phi) is 4.81. The maximum absolute atomic E-state index is 5.60. The van der Waals surface area contributed by atoms with E-state index in [1.54, 1.807) is 6.20 Å². The van der Waals surface area contributed by atoms with Gasteiger partial charge in [-0.05, 0) is 48.6 Å². The van der Waals surface area contributed by atoms with Crippen molar-refractivity contribution in [2.75, 3.05) is 0 Å². The van der Waals surface area contributed by atoms with Gasteiger partial charge in [-0.25, -0.2) is 0 Å². The highest BCUT2D eigenvalue weighted by Crippen LogP contribution is 2.08. The number of rotatable bonds is 6. The minimum absolute atomic E-state index is 0.266. The topological polar surface area (TPSA) is 63.8 Å². The van der Waals surface area contributed by atoms with Crippen LogP contribution < -0.4 is 11.3 Å². The van der Waals surface area contributed by atoms with Crippen molar-refractivity contribution in [3.8, 4) is 0 Å². The van der Waals surface area contributed by atoms with Crippen molar-refractivity contribution < 1.29 is 0 Å². The number of nitrogens with one attached hydrogen (secondary N) is 1. The van der Waals surface area contributed by atoms with Crippen LogP contribution in [0.1, 0.15) is 17.5 Å². The van der Waals surface area contributed by atoms with E-state index in [2.05, 4.69) is 21.5 Å². The third-order valence-electron chi connectivity index (χ3n) is 2.97. The fourth-order valence-corrected chi connectivity index (χ4v) is 1.94. The summed E-state index contributed by atoms with van der Waals surface area (Å²) in [6.45, 7) is 0. The van der Waals surface area contributed by atoms with Gasteiger partial charge in [0.15, 0.2) is 0 Å². The summed E-state index contributed by atoms with van der Waals surface area (Å²) < 4.78 is 0. The van der Waals surface area contributed by atoms with E-state index in [1.807, 2.05) is 36.8 Å². The Balaban J connectivity index is 1.86. The summed E-state index contributed by atoms with van der Waals surface area (Å²) in [4.78, 5) is 8.13. The quantitative estimate of drug-likeness (QED) is 0.595. The molecule has 0 aliphatic rings. The van der Waals surface area contributed by atoms with Crippen molar-refractivity contribution in [2.24, 2.45) is 5.84 Å². The predicted octanol–water partition coefficient (Wildman–Crippen LogP) is 1.48. The number of aromatic nitrogens is 2. The van der Waals surface area contributed by atoms with Gasteiger partial charge in [-0.3, -0.25) is 21.2 Å². The van der Waals surface area contributed by atoms with E-state index in [1.165, 1.54) is 11.1 Å². The fraction of sp³-hybridized carbons (Fsp3) is 0.286. The molecule has 0 saturated heterocycles. The first kappa shape index (κ1) is 12.7. The molecule has 3 N–H and O–H groups in total. The monoisotopic (exact) mass is 242 g/mol. The summed E-state index contributed by atoms with van der Waals surface area (Å²) in [5.41, 5.74) is 5.37. The lowest BCUT2D eigenvalue weighted by molar-refractivity contribution is 0.491. The minimum Gasteiger partial charge on any atom is -0.271 e. The largest absolute Gasteiger partial charge is 0.271 e. The second kappa shape index (κ2) is 6.83. The van der Waals surface area contributed by atoms with Crippen molar-refractivity contribution in [3.05, 3.63) is 60.2 Å². The van der Waals surface area contributed by atoms with Crippen LogP contribution in [0.5, 0.6) is 0 Å². The van der Waals surface area contributed by atoms with Crippen molar-refractivity contribution in [3.63, 3.8) is 0 Å². The van der Waals surface area contributed by atoms with E-state index in [0.29, 0.717) is 0 Å². The normalized spacial score (nSPS) is 12.3. The standard InChI is InChI=1S/C14H18N4/c15-18-14(10-13-2-1-7-17-11-13)4-3-12-5-8-16-9-6-12/h1-2,5-9,11,14,18H,3-4,10,15H2. The molecule has 4 heteroatoms. The molecule has 2 rings (SSSR count). The van der Waals surface area contributed by atoms with Gasteiger partial charge in [0.2, 0.25) is 0 Å². The number of aryl methyl sites for hydroxylation is 1. The van der Waals surface area contributed by atoms with Gasteiger partial charge in [-0.1, -0.05) is 6.07 Å². The summed E-state index contributed by atoms with van der Waals surface area (Å²) in [7, 11) is 0. The molecular formula is C14H18N4. The lowest BCUT2D eigenvalue weighted by atomic mass is 10.0. The van der Waals surface area contributed by atoms with Gasteiger partial charge in [0, 0.05) is 30.8 Å². The molecule has 1 unspecified atom stereocenters. The maximum atomic E-state index is 5.60. The highest BCUT2D eigenvalue weighted by Gasteiger charge is 2.08. The van der Waals surface area contributed by atoms with E-state index in [4.69, 9.17) is 5.84 Å². The Morgan fingerprint density at radius 3 is 2.56 bits per heavy atom. The van der Waals surface area contributed by atoms with Crippen LogP contribution in [0.25, 0.3) is 0 Å². The second-order valence-electron chi connectivity index (χ2n) is 4.32. The van der Waals surface area contributed by atoms with Gasteiger partial charge in [0.05, 0.1) is 0 Å². The Hall–Kier alpha value is -1.78. The number of pyridine rings is 2. The van der Waals surface area contributed by atoms with E-state index >= 15 is 0 Å². The van der Waals surface area contributed by atoms with Crippen molar-refractivity contribution >= 4 is 0 Å². The van der Waals surface area contributed by atoms with E-state index in [9.17, 15) is 0 Å². The van der Waals surface area contributed by atoms with Crippen LogP contribution in [-0.4, -0.2) is 16.0 Å². The fourth-order valence-electron chi connectivity index (χ4n) is 1.94. The summed E-state index contributed by atoms with van der Waals surface area (Å²) in [6, 6.07) is 8.37. The molecular weight excluding hydrogens is 224 g/mol. The molecule has 0 radical (unpaired) electrons. The highest BCUT2D eigenvalue weighted by atomic mass is 15.2. The summed E-state index contributed by atoms with van der Waals surface area (Å²) >= 11 is 0. The van der Waals surface area contributed by atoms with E-state index < -0.39 is 0 Å². The van der Waals surface area contributed by atoms with Crippen molar-refractivity contribution in [1.82, 2.24) is 15.4 Å². The van der Waals surface area contributed by atoms with Crippen LogP contribution in [0.3, 0.4) is 0 Å². The smallest absolute Gasteiger partial charge is 0.0300 e. The summed E-state index contributed by atoms with van der Waals surface area (Å²) in [5, 5.41) is 0. The molecule has 2 aromatic rings. The molecule has 0 aliphatic carbocycles. The van der Waals surface area contributed by atoms with E-state index in [-0.39, 0.29) is 6.04 Å². The number of nitrogens with two attached hydrogens (primary N) is 1. The van der Waals surface area contributed by atoms with Crippen molar-refractivity contribution in [2.45, 2.75) is 25.3 Å². The maximum Gasteiger partial charge on any atom is 0.0300 e. The molecule has 0 aliphatic heterocycles. The van der Waals surface area contributed by atoms with Crippen molar-refractivity contribution in [1.29, 1.82) is 0 Å². The van der Waals surface area contributed by atoms with E-state index in [0.717, 1.165) is 19.3 Å². The SMILES string of the molecule is NNC(CCc1ccncc1)Cc1cccnc1. The molecule has 0 saturated carbocycles. The van der Waals surface area contributed by atoms with Gasteiger partial charge in [-0.15, -0.1) is 0 Å². The minimum atomic E-state index is 0.266. The predicted molar refractivity (Wildman–Crippen MR) is 71.6 cm³/mol. The Morgan fingerprint density at radius 2 is 1.89 bits per heavy atom. The Bertz CT molecular complexity index is 444. The Labute approximate surface area is 107 Å². The molecule has 0 aromatic carbocycles. The number of nitrogens with zero attached hydrogens (tertiary/aromatic N) is 2. The molecule has 1 atom stereocenters. The molecule has 2 aromatic heterocycles. The summed E-state index contributed by atoms with van der Waals surface area (Å²) in [6.07, 6.45) is 10.2. The zero-order valence-electron chi connectivity index (χ0n) is 10.3. The summed E-state index contributed by atoms with van der Waals surface area (Å²) in [5.74, 6) is 5.60. The third-order valence-corrected chi connectivity index (χ3v) is 2.97. The van der Waals surface area contributed by atoms with Gasteiger partial charge < -0.3 is 0 Å². The van der Waals surface area contributed by atoms with Gasteiger partial charge in [0.1, 0.15) is 0 Å². The molecule has 0 spiro atoms. The zero-order chi connectivity index (χ0) is 12.6. The second-order valence-corrected chi connectivity index (χ2v) is 4.32. The van der Waals surface area contributed by atoms with Gasteiger partial charge >= 0.3 is 0 Å². The average molecular weight is 242 g/mol. The van der Waals surface area contributed by atoms with Crippen LogP contribution >= 0.6 is 0 Å². The lowest BCUT2D eigenvalue weighted by Gasteiger charge is -2.15. The van der Waals surface area contributed by atoms with Crippen LogP contribution in [0.4, 0.5) is 0 Å². The number of hydrogen-bond acceptors (Lipinski definition) is 4. The molecule has 0 amide bonds. The van der Waals surface area contributed by atoms with Gasteiger partial charge in [0.25, 0.3) is 0 Å². The van der Waals surface area contributed by atoms with Gasteiger partial charge in [-0.2, -0.15) is 0 Å². The average Bonchev–Trinajstić information content (AvgIpc) is 2.45. The molecule has 0 fully saturated rings. The molecule has 4 nitrogen and oxygen atoms in total. The van der Waals surface area contributed by atoms with Crippen LogP contribution in [0.2, 0.25) is 0 Å². The first-order chi connectivity index (χ1) is 8.88. The molecule has 94 valence electrons. The molecule has 0 bridgehead atoms. The lowest BCUT2D eigenvalue weighted by Crippen LogP contribution is -2.37. The van der Waals surface area contributed by atoms with Crippen LogP contribution in [0, 0.1) is 0 Å². The zero-order valence-corrected chi connectivity index (χ0v) is 10.3. The molecule has 2 heterocycles.